The molecule has 8 nitrogen and oxygen atoms in total. The number of H-pyrrole nitrogens is 1. The summed E-state index contributed by atoms with van der Waals surface area (Å²) in [6.45, 7) is 3.46. The molecule has 228 valence electrons. The summed E-state index contributed by atoms with van der Waals surface area (Å²) >= 11 is 6.54. The highest BCUT2D eigenvalue weighted by molar-refractivity contribution is 9.10. The van der Waals surface area contributed by atoms with E-state index in [0.29, 0.717) is 11.4 Å². The monoisotopic (exact) mass is 693 g/mol. The number of nitrogens with zero attached hydrogens (tertiary/aromatic N) is 2. The number of likely N-dealkylation sites (tertiary alicyclic amines) is 1. The van der Waals surface area contributed by atoms with E-state index in [0.717, 1.165) is 64.3 Å². The standard InChI is InChI=1S/C33H32BrN3O5S2/c1-16-5-8-18(9-6-16)37-31(39)26-20-14-21(27(26)32(37)40)28-25(20)24(29-30(43-28)35-33(41)44-29)19-13-17(34)7-10-22(19)42-15-23(38)36-11-3-2-4-12-36/h5-10,13,20-21,24-28H,2-4,11-12,14-15H2,1H3,(H,35,41)/t20?,21?,24-,25?,26?,27?,28?/m1/s1. The van der Waals surface area contributed by atoms with Crippen LogP contribution < -0.4 is 14.5 Å². The molecule has 5 aliphatic rings. The van der Waals surface area contributed by atoms with Crippen molar-refractivity contribution in [3.63, 3.8) is 0 Å². The number of anilines is 1. The van der Waals surface area contributed by atoms with Gasteiger partial charge in [0.2, 0.25) is 11.8 Å². The number of carbonyl (C=O) groups is 3. The van der Waals surface area contributed by atoms with Crippen molar-refractivity contribution in [3.8, 4) is 5.75 Å². The van der Waals surface area contributed by atoms with Gasteiger partial charge in [0, 0.05) is 39.2 Å². The molecule has 7 atom stereocenters. The number of thioether (sulfide) groups is 1. The van der Waals surface area contributed by atoms with Crippen LogP contribution in [0.25, 0.3) is 0 Å². The Balaban J connectivity index is 1.16. The maximum atomic E-state index is 14.1. The van der Waals surface area contributed by atoms with Gasteiger partial charge in [0.15, 0.2) is 6.61 Å². The molecular weight excluding hydrogens is 662 g/mol. The molecule has 0 radical (unpaired) electrons. The second kappa shape index (κ2) is 10.9. The van der Waals surface area contributed by atoms with E-state index in [1.54, 1.807) is 11.8 Å². The molecule has 2 saturated carbocycles. The molecule has 2 aromatic carbocycles. The van der Waals surface area contributed by atoms with E-state index >= 15 is 0 Å². The summed E-state index contributed by atoms with van der Waals surface area (Å²) in [7, 11) is 0. The van der Waals surface area contributed by atoms with E-state index in [1.165, 1.54) is 16.2 Å². The van der Waals surface area contributed by atoms with Crippen LogP contribution in [-0.4, -0.2) is 52.6 Å². The minimum Gasteiger partial charge on any atom is -0.483 e. The first-order valence-electron chi connectivity index (χ1n) is 15.3. The summed E-state index contributed by atoms with van der Waals surface area (Å²) < 4.78 is 7.16. The van der Waals surface area contributed by atoms with Gasteiger partial charge in [-0.05, 0) is 80.7 Å². The van der Waals surface area contributed by atoms with E-state index in [4.69, 9.17) is 4.74 Å². The molecule has 3 aliphatic heterocycles. The van der Waals surface area contributed by atoms with Crippen molar-refractivity contribution < 1.29 is 19.1 Å². The van der Waals surface area contributed by atoms with Gasteiger partial charge in [-0.15, -0.1) is 11.8 Å². The molecule has 4 heterocycles. The molecule has 1 N–H and O–H groups in total. The number of aromatic amines is 1. The van der Waals surface area contributed by atoms with Crippen LogP contribution >= 0.6 is 39.0 Å². The number of nitrogens with one attached hydrogen (secondary N) is 1. The maximum absolute atomic E-state index is 14.1. The molecule has 2 bridgehead atoms. The summed E-state index contributed by atoms with van der Waals surface area (Å²) in [5, 5.41) is 0.915. The van der Waals surface area contributed by atoms with Crippen molar-refractivity contribution in [1.82, 2.24) is 9.88 Å². The zero-order valence-corrected chi connectivity index (χ0v) is 27.4. The highest BCUT2D eigenvalue weighted by atomic mass is 79.9. The average molecular weight is 695 g/mol. The van der Waals surface area contributed by atoms with Crippen molar-refractivity contribution >= 4 is 62.4 Å². The number of benzene rings is 2. The van der Waals surface area contributed by atoms with Gasteiger partial charge in [-0.3, -0.25) is 24.1 Å². The Morgan fingerprint density at radius 1 is 1.00 bits per heavy atom. The Morgan fingerprint density at radius 3 is 2.48 bits per heavy atom. The Labute approximate surface area is 271 Å². The minimum atomic E-state index is -0.382. The highest BCUT2D eigenvalue weighted by Gasteiger charge is 2.69. The topological polar surface area (TPSA) is 99.8 Å². The van der Waals surface area contributed by atoms with Crippen molar-refractivity contribution in [3.05, 3.63) is 72.6 Å². The SMILES string of the molecule is Cc1ccc(N2C(=O)C3C4CC(C3C2=O)C2C4Sc3[nH]c(=O)sc3[C@@H]2c2cc(Br)ccc2OCC(=O)N2CCCCC2)cc1. The van der Waals surface area contributed by atoms with Crippen LogP contribution in [0.3, 0.4) is 0 Å². The van der Waals surface area contributed by atoms with Crippen LogP contribution in [-0.2, 0) is 14.4 Å². The maximum Gasteiger partial charge on any atom is 0.305 e. The molecule has 44 heavy (non-hydrogen) atoms. The fourth-order valence-corrected chi connectivity index (χ4v) is 11.8. The average Bonchev–Trinajstić information content (AvgIpc) is 3.76. The zero-order chi connectivity index (χ0) is 30.3. The molecule has 2 saturated heterocycles. The number of ether oxygens (including phenoxy) is 1. The number of carbonyl (C=O) groups excluding carboxylic acids is 3. The van der Waals surface area contributed by atoms with Crippen LogP contribution in [0, 0.1) is 36.5 Å². The Bertz CT molecular complexity index is 1730. The van der Waals surface area contributed by atoms with Crippen molar-refractivity contribution in [2.75, 3.05) is 24.6 Å². The number of halogens is 1. The molecule has 3 amide bonds. The van der Waals surface area contributed by atoms with E-state index < -0.39 is 0 Å². The predicted octanol–water partition coefficient (Wildman–Crippen LogP) is 5.58. The first kappa shape index (κ1) is 28.6. The van der Waals surface area contributed by atoms with Crippen LogP contribution in [0.2, 0.25) is 0 Å². The number of hydrogen-bond donors (Lipinski definition) is 1. The summed E-state index contributed by atoms with van der Waals surface area (Å²) in [6, 6.07) is 13.4. The van der Waals surface area contributed by atoms with Crippen molar-refractivity contribution in [2.45, 2.75) is 48.8 Å². The number of piperidine rings is 1. The smallest absolute Gasteiger partial charge is 0.305 e. The number of thiazole rings is 1. The van der Waals surface area contributed by atoms with Crippen LogP contribution in [0.4, 0.5) is 5.69 Å². The van der Waals surface area contributed by atoms with E-state index in [-0.39, 0.29) is 70.0 Å². The second-order valence-electron chi connectivity index (χ2n) is 12.7. The summed E-state index contributed by atoms with van der Waals surface area (Å²) in [4.78, 5) is 60.9. The minimum absolute atomic E-state index is 0.00781. The lowest BCUT2D eigenvalue weighted by Crippen LogP contribution is -2.43. The third-order valence-electron chi connectivity index (χ3n) is 10.4. The van der Waals surface area contributed by atoms with E-state index in [1.807, 2.05) is 54.3 Å². The molecule has 0 spiro atoms. The summed E-state index contributed by atoms with van der Waals surface area (Å²) in [5.74, 6) is -0.479. The quantitative estimate of drug-likeness (QED) is 0.351. The third-order valence-corrected chi connectivity index (χ3v) is 13.5. The van der Waals surface area contributed by atoms with Gasteiger partial charge < -0.3 is 14.6 Å². The van der Waals surface area contributed by atoms with E-state index in [2.05, 4.69) is 20.9 Å². The Kier molecular flexibility index (Phi) is 7.06. The van der Waals surface area contributed by atoms with Crippen molar-refractivity contribution in [1.29, 1.82) is 0 Å². The molecule has 11 heteroatoms. The number of amides is 3. The largest absolute Gasteiger partial charge is 0.483 e. The highest BCUT2D eigenvalue weighted by Crippen LogP contribution is 2.69. The number of imide groups is 1. The van der Waals surface area contributed by atoms with Crippen LogP contribution in [0.1, 0.15) is 47.6 Å². The zero-order valence-electron chi connectivity index (χ0n) is 24.2. The first-order chi connectivity index (χ1) is 21.3. The van der Waals surface area contributed by atoms with Gasteiger partial charge in [-0.2, -0.15) is 0 Å². The van der Waals surface area contributed by atoms with Gasteiger partial charge in [0.05, 0.1) is 22.5 Å². The molecule has 8 rings (SSSR count). The van der Waals surface area contributed by atoms with Gasteiger partial charge in [0.1, 0.15) is 5.75 Å². The molecule has 6 unspecified atom stereocenters. The fourth-order valence-electron chi connectivity index (χ4n) is 8.58. The number of aryl methyl sites for hydroxylation is 1. The Morgan fingerprint density at radius 2 is 1.73 bits per heavy atom. The third kappa shape index (κ3) is 4.44. The molecule has 1 aromatic heterocycles. The number of rotatable bonds is 5. The number of fused-ring (bicyclic) bond motifs is 9. The molecular formula is C33H32BrN3O5S2. The molecule has 4 fully saturated rings. The lowest BCUT2D eigenvalue weighted by molar-refractivity contribution is -0.134. The summed E-state index contributed by atoms with van der Waals surface area (Å²) in [5.41, 5.74) is 2.62. The van der Waals surface area contributed by atoms with Crippen LogP contribution in [0.15, 0.2) is 56.8 Å². The fraction of sp³-hybridized carbons (Fsp3) is 0.455. The van der Waals surface area contributed by atoms with Gasteiger partial charge in [-0.1, -0.05) is 45.0 Å². The first-order valence-corrected chi connectivity index (χ1v) is 17.8. The number of aromatic nitrogens is 1. The van der Waals surface area contributed by atoms with Gasteiger partial charge in [-0.25, -0.2) is 0 Å². The molecule has 2 aliphatic carbocycles. The normalized spacial score (nSPS) is 30.4. The summed E-state index contributed by atoms with van der Waals surface area (Å²) in [6.07, 6.45) is 3.98. The van der Waals surface area contributed by atoms with Gasteiger partial charge in [0.25, 0.3) is 5.91 Å². The second-order valence-corrected chi connectivity index (χ2v) is 15.8. The van der Waals surface area contributed by atoms with Crippen molar-refractivity contribution in [2.24, 2.45) is 29.6 Å². The van der Waals surface area contributed by atoms with Gasteiger partial charge >= 0.3 is 4.87 Å². The predicted molar refractivity (Wildman–Crippen MR) is 172 cm³/mol. The van der Waals surface area contributed by atoms with E-state index in [9.17, 15) is 19.2 Å². The Hall–Kier alpha value is -2.89. The lowest BCUT2D eigenvalue weighted by atomic mass is 9.68. The number of hydrogen-bond acceptors (Lipinski definition) is 7. The molecule has 3 aromatic rings. The van der Waals surface area contributed by atoms with Crippen LogP contribution in [0.5, 0.6) is 5.75 Å². The lowest BCUT2D eigenvalue weighted by Gasteiger charge is -2.43.